The molecule has 0 aliphatic rings. The number of carbonyl (C=O) groups excluding carboxylic acids is 1. The van der Waals surface area contributed by atoms with Crippen LogP contribution < -0.4 is 5.32 Å². The molecule has 2 aromatic heterocycles. The number of amides is 1. The van der Waals surface area contributed by atoms with Gasteiger partial charge in [0, 0.05) is 34.9 Å². The van der Waals surface area contributed by atoms with Crippen molar-refractivity contribution in [2.24, 2.45) is 5.92 Å². The van der Waals surface area contributed by atoms with E-state index in [2.05, 4.69) is 24.1 Å². The van der Waals surface area contributed by atoms with Crippen molar-refractivity contribution in [3.05, 3.63) is 82.8 Å². The molecule has 11 heteroatoms. The van der Waals surface area contributed by atoms with E-state index in [1.165, 1.54) is 6.07 Å². The van der Waals surface area contributed by atoms with Crippen LogP contribution in [0.3, 0.4) is 0 Å². The van der Waals surface area contributed by atoms with E-state index in [9.17, 15) is 22.8 Å². The number of aliphatic carboxylic acids is 1. The van der Waals surface area contributed by atoms with Gasteiger partial charge in [-0.1, -0.05) is 43.6 Å². The molecule has 2 N–H and O–H groups in total. The lowest BCUT2D eigenvalue weighted by atomic mass is 9.98. The van der Waals surface area contributed by atoms with Gasteiger partial charge in [0.05, 0.1) is 23.5 Å². The second-order valence-corrected chi connectivity index (χ2v) is 10.0. The average molecular weight is 559 g/mol. The summed E-state index contributed by atoms with van der Waals surface area (Å²) in [5, 5.41) is 16.8. The first kappa shape index (κ1) is 28.1. The fourth-order valence-electron chi connectivity index (χ4n) is 4.25. The van der Waals surface area contributed by atoms with Crippen LogP contribution in [-0.4, -0.2) is 38.3 Å². The molecule has 204 valence electrons. The Kier molecular flexibility index (Phi) is 8.25. The monoisotopic (exact) mass is 558 g/mol. The number of nitrogens with zero attached hydrogens (tertiary/aromatic N) is 3. The number of pyridine rings is 1. The second-order valence-electron chi connectivity index (χ2n) is 9.60. The summed E-state index contributed by atoms with van der Waals surface area (Å²) in [5.74, 6) is -1.15. The molecule has 0 spiro atoms. The number of aromatic nitrogens is 3. The lowest BCUT2D eigenvalue weighted by Gasteiger charge is -2.20. The quantitative estimate of drug-likeness (QED) is 0.241. The Morgan fingerprint density at radius 1 is 1.10 bits per heavy atom. The molecule has 7 nitrogen and oxygen atoms in total. The number of fused-ring (bicyclic) bond motifs is 1. The number of benzene rings is 2. The summed E-state index contributed by atoms with van der Waals surface area (Å²) in [6.07, 6.45) is -0.442. The van der Waals surface area contributed by atoms with Crippen molar-refractivity contribution in [2.45, 2.75) is 38.9 Å². The standard InChI is InChI=1S/C28H26ClF3N4O3/c1-16(2)11-25(18-4-8-24(34-14-18)27(39)33-10-9-26(37)38)36-15-19-12-17(3-7-23(19)35-36)21-6-5-20(13-22(21)29)28(30,31)32/h3-8,12-16,25H,9-11H2,1-2H3,(H,33,39)(H,37,38). The maximum Gasteiger partial charge on any atom is 0.416 e. The Morgan fingerprint density at radius 3 is 2.49 bits per heavy atom. The molecule has 0 bridgehead atoms. The SMILES string of the molecule is CC(C)CC(c1ccc(C(=O)NCCC(=O)O)nc1)n1cc2cc(-c3ccc(C(F)(F)F)cc3Cl)ccc2n1. The van der Waals surface area contributed by atoms with Crippen LogP contribution in [0.5, 0.6) is 0 Å². The highest BCUT2D eigenvalue weighted by atomic mass is 35.5. The average Bonchev–Trinajstić information content (AvgIpc) is 3.29. The smallest absolute Gasteiger partial charge is 0.416 e. The second kappa shape index (κ2) is 11.4. The van der Waals surface area contributed by atoms with E-state index in [1.807, 2.05) is 16.9 Å². The molecular weight excluding hydrogens is 533 g/mol. The zero-order valence-electron chi connectivity index (χ0n) is 21.2. The predicted molar refractivity (Wildman–Crippen MR) is 142 cm³/mol. The van der Waals surface area contributed by atoms with Crippen LogP contribution in [0.2, 0.25) is 5.02 Å². The summed E-state index contributed by atoms with van der Waals surface area (Å²) in [4.78, 5) is 27.2. The van der Waals surface area contributed by atoms with Crippen LogP contribution >= 0.6 is 11.6 Å². The zero-order chi connectivity index (χ0) is 28.3. The van der Waals surface area contributed by atoms with Gasteiger partial charge in [0.1, 0.15) is 5.69 Å². The summed E-state index contributed by atoms with van der Waals surface area (Å²) in [7, 11) is 0. The summed E-state index contributed by atoms with van der Waals surface area (Å²) in [5.41, 5.74) is 2.07. The van der Waals surface area contributed by atoms with Crippen molar-refractivity contribution >= 4 is 34.4 Å². The van der Waals surface area contributed by atoms with Crippen LogP contribution in [-0.2, 0) is 11.0 Å². The van der Waals surface area contributed by atoms with Gasteiger partial charge in [0.25, 0.3) is 5.91 Å². The van der Waals surface area contributed by atoms with E-state index in [4.69, 9.17) is 21.8 Å². The van der Waals surface area contributed by atoms with E-state index in [-0.39, 0.29) is 29.7 Å². The van der Waals surface area contributed by atoms with Crippen molar-refractivity contribution in [2.75, 3.05) is 6.54 Å². The van der Waals surface area contributed by atoms with Crippen molar-refractivity contribution in [3.8, 4) is 11.1 Å². The third-order valence-corrected chi connectivity index (χ3v) is 6.48. The third-order valence-electron chi connectivity index (χ3n) is 6.17. The molecule has 0 saturated heterocycles. The highest BCUT2D eigenvalue weighted by Crippen LogP contribution is 2.36. The Bertz CT molecular complexity index is 1500. The minimum atomic E-state index is -4.48. The molecule has 0 aliphatic carbocycles. The van der Waals surface area contributed by atoms with Gasteiger partial charge < -0.3 is 10.4 Å². The number of hydrogen-bond donors (Lipinski definition) is 2. The fraction of sp³-hybridized carbons (Fsp3) is 0.286. The highest BCUT2D eigenvalue weighted by molar-refractivity contribution is 6.33. The highest BCUT2D eigenvalue weighted by Gasteiger charge is 2.31. The predicted octanol–water partition coefficient (Wildman–Crippen LogP) is 6.61. The molecule has 2 heterocycles. The number of carboxylic acid groups (broad SMARTS) is 1. The summed E-state index contributed by atoms with van der Waals surface area (Å²) >= 11 is 6.21. The van der Waals surface area contributed by atoms with Gasteiger partial charge in [-0.2, -0.15) is 18.3 Å². The van der Waals surface area contributed by atoms with Gasteiger partial charge in [-0.15, -0.1) is 0 Å². The maximum absolute atomic E-state index is 13.0. The van der Waals surface area contributed by atoms with Gasteiger partial charge >= 0.3 is 12.1 Å². The van der Waals surface area contributed by atoms with Gasteiger partial charge in [-0.3, -0.25) is 19.3 Å². The topological polar surface area (TPSA) is 97.1 Å². The van der Waals surface area contributed by atoms with Crippen molar-refractivity contribution in [3.63, 3.8) is 0 Å². The maximum atomic E-state index is 13.0. The van der Waals surface area contributed by atoms with Crippen LogP contribution in [0, 0.1) is 5.92 Å². The largest absolute Gasteiger partial charge is 0.481 e. The molecule has 0 saturated carbocycles. The minimum Gasteiger partial charge on any atom is -0.481 e. The van der Waals surface area contributed by atoms with Crippen LogP contribution in [0.15, 0.2) is 60.9 Å². The van der Waals surface area contributed by atoms with Crippen LogP contribution in [0.25, 0.3) is 22.0 Å². The molecule has 1 atom stereocenters. The molecule has 1 unspecified atom stereocenters. The van der Waals surface area contributed by atoms with Gasteiger partial charge in [-0.25, -0.2) is 0 Å². The Balaban J connectivity index is 1.61. The van der Waals surface area contributed by atoms with Crippen LogP contribution in [0.4, 0.5) is 13.2 Å². The van der Waals surface area contributed by atoms with E-state index in [0.717, 1.165) is 29.5 Å². The van der Waals surface area contributed by atoms with Crippen molar-refractivity contribution in [1.29, 1.82) is 0 Å². The first-order chi connectivity index (χ1) is 18.4. The molecule has 0 radical (unpaired) electrons. The summed E-state index contributed by atoms with van der Waals surface area (Å²) in [6.45, 7) is 4.17. The Hall–Kier alpha value is -3.92. The normalized spacial score (nSPS) is 12.6. The molecule has 2 aromatic carbocycles. The summed E-state index contributed by atoms with van der Waals surface area (Å²) in [6, 6.07) is 11.9. The van der Waals surface area contributed by atoms with Crippen molar-refractivity contribution in [1.82, 2.24) is 20.1 Å². The zero-order valence-corrected chi connectivity index (χ0v) is 21.9. The Labute approximate surface area is 227 Å². The number of carboxylic acids is 1. The fourth-order valence-corrected chi connectivity index (χ4v) is 4.54. The van der Waals surface area contributed by atoms with E-state index < -0.39 is 23.6 Å². The molecule has 4 aromatic rings. The number of nitrogens with one attached hydrogen (secondary N) is 1. The molecule has 4 rings (SSSR count). The number of hydrogen-bond acceptors (Lipinski definition) is 4. The third kappa shape index (κ3) is 6.75. The molecule has 0 fully saturated rings. The van der Waals surface area contributed by atoms with E-state index in [1.54, 1.807) is 30.5 Å². The number of alkyl halides is 3. The lowest BCUT2D eigenvalue weighted by Crippen LogP contribution is -2.27. The first-order valence-electron chi connectivity index (χ1n) is 12.2. The molecule has 1 amide bonds. The first-order valence-corrected chi connectivity index (χ1v) is 12.6. The molecule has 0 aliphatic heterocycles. The van der Waals surface area contributed by atoms with Crippen molar-refractivity contribution < 1.29 is 27.9 Å². The minimum absolute atomic E-state index is 0.00686. The Morgan fingerprint density at radius 2 is 1.87 bits per heavy atom. The van der Waals surface area contributed by atoms with E-state index >= 15 is 0 Å². The van der Waals surface area contributed by atoms with Gasteiger partial charge in [0.15, 0.2) is 0 Å². The molecule has 39 heavy (non-hydrogen) atoms. The number of halogens is 4. The summed E-state index contributed by atoms with van der Waals surface area (Å²) < 4.78 is 41.0. The number of rotatable bonds is 9. The van der Waals surface area contributed by atoms with E-state index in [0.29, 0.717) is 22.6 Å². The van der Waals surface area contributed by atoms with Gasteiger partial charge in [-0.05, 0) is 53.8 Å². The number of carbonyl (C=O) groups is 2. The lowest BCUT2D eigenvalue weighted by molar-refractivity contribution is -0.138. The van der Waals surface area contributed by atoms with Gasteiger partial charge in [0.2, 0.25) is 0 Å². The molecular formula is C28H26ClF3N4O3. The van der Waals surface area contributed by atoms with Crippen LogP contribution in [0.1, 0.15) is 54.3 Å².